The lowest BCUT2D eigenvalue weighted by atomic mass is 10.0. The summed E-state index contributed by atoms with van der Waals surface area (Å²) >= 11 is 0. The maximum atomic E-state index is 12.4. The summed E-state index contributed by atoms with van der Waals surface area (Å²) in [6.07, 6.45) is 3.18. The average Bonchev–Trinajstić information content (AvgIpc) is 2.94. The number of piperidine rings is 1. The van der Waals surface area contributed by atoms with E-state index in [1.54, 1.807) is 30.9 Å². The lowest BCUT2D eigenvalue weighted by molar-refractivity contribution is 0.0940. The van der Waals surface area contributed by atoms with Crippen LogP contribution in [0.25, 0.3) is 0 Å². The van der Waals surface area contributed by atoms with Crippen molar-refractivity contribution in [2.24, 2.45) is 14.1 Å². The Balaban J connectivity index is 1.71. The molecule has 1 saturated heterocycles. The molecule has 25 heavy (non-hydrogen) atoms. The zero-order valence-electron chi connectivity index (χ0n) is 14.9. The number of hydrogen-bond donors (Lipinski definition) is 1. The maximum absolute atomic E-state index is 12.4. The summed E-state index contributed by atoms with van der Waals surface area (Å²) in [4.78, 5) is 26.1. The first-order chi connectivity index (χ1) is 12.0. The van der Waals surface area contributed by atoms with Gasteiger partial charge in [0.1, 0.15) is 11.5 Å². The summed E-state index contributed by atoms with van der Waals surface area (Å²) in [5, 5.41) is 11.6. The van der Waals surface area contributed by atoms with Crippen LogP contribution in [-0.4, -0.2) is 44.6 Å². The molecule has 2 aromatic rings. The third kappa shape index (κ3) is 3.72. The summed E-state index contributed by atoms with van der Waals surface area (Å²) in [6, 6.07) is 5.23. The molecule has 1 aliphatic rings. The molecule has 0 saturated carbocycles. The molecule has 0 radical (unpaired) electrons. The minimum atomic E-state index is -0.128. The Morgan fingerprint density at radius 2 is 2.04 bits per heavy atom. The van der Waals surface area contributed by atoms with Crippen molar-refractivity contribution in [3.8, 4) is 0 Å². The van der Waals surface area contributed by atoms with Crippen molar-refractivity contribution >= 4 is 11.7 Å². The van der Waals surface area contributed by atoms with E-state index < -0.39 is 0 Å². The Hall–Kier alpha value is -2.64. The first-order valence-electron chi connectivity index (χ1n) is 8.55. The number of rotatable bonds is 4. The normalized spacial score (nSPS) is 17.6. The third-order valence-corrected chi connectivity index (χ3v) is 4.60. The van der Waals surface area contributed by atoms with Crippen molar-refractivity contribution in [2.75, 3.05) is 18.0 Å². The molecule has 8 heteroatoms. The number of carbonyl (C=O) groups is 1. The van der Waals surface area contributed by atoms with Crippen molar-refractivity contribution < 1.29 is 4.79 Å². The zero-order valence-corrected chi connectivity index (χ0v) is 14.9. The second-order valence-electron chi connectivity index (χ2n) is 6.50. The SMILES string of the molecule is Cc1cc(C(=O)NCC2CCCCN2c2ccc(=O)n(C)n2)n(C)n1. The highest BCUT2D eigenvalue weighted by atomic mass is 16.2. The summed E-state index contributed by atoms with van der Waals surface area (Å²) in [5.41, 5.74) is 1.25. The highest BCUT2D eigenvalue weighted by Gasteiger charge is 2.25. The molecule has 1 fully saturated rings. The van der Waals surface area contributed by atoms with Crippen molar-refractivity contribution in [3.05, 3.63) is 39.9 Å². The average molecular weight is 344 g/mol. The first kappa shape index (κ1) is 17.2. The number of nitrogens with zero attached hydrogens (tertiary/aromatic N) is 5. The molecule has 134 valence electrons. The van der Waals surface area contributed by atoms with Gasteiger partial charge in [0.15, 0.2) is 0 Å². The van der Waals surface area contributed by atoms with Gasteiger partial charge in [0.2, 0.25) is 0 Å². The van der Waals surface area contributed by atoms with E-state index in [-0.39, 0.29) is 17.5 Å². The third-order valence-electron chi connectivity index (χ3n) is 4.60. The van der Waals surface area contributed by atoms with Gasteiger partial charge in [-0.1, -0.05) is 0 Å². The molecule has 0 bridgehead atoms. The largest absolute Gasteiger partial charge is 0.350 e. The minimum Gasteiger partial charge on any atom is -0.350 e. The van der Waals surface area contributed by atoms with Gasteiger partial charge < -0.3 is 10.2 Å². The van der Waals surface area contributed by atoms with Crippen LogP contribution in [0.5, 0.6) is 0 Å². The van der Waals surface area contributed by atoms with Crippen LogP contribution in [0.2, 0.25) is 0 Å². The molecule has 1 aliphatic heterocycles. The fourth-order valence-corrected chi connectivity index (χ4v) is 3.28. The summed E-state index contributed by atoms with van der Waals surface area (Å²) in [5.74, 6) is 0.652. The van der Waals surface area contributed by atoms with Crippen molar-refractivity contribution in [3.63, 3.8) is 0 Å². The fourth-order valence-electron chi connectivity index (χ4n) is 3.28. The molecule has 1 unspecified atom stereocenters. The van der Waals surface area contributed by atoms with E-state index in [0.29, 0.717) is 12.2 Å². The molecule has 2 aromatic heterocycles. The van der Waals surface area contributed by atoms with Gasteiger partial charge in [0.05, 0.1) is 5.69 Å². The molecule has 1 amide bonds. The molecule has 1 atom stereocenters. The Kier molecular flexibility index (Phi) is 4.87. The molecule has 0 aromatic carbocycles. The molecule has 1 N–H and O–H groups in total. The summed E-state index contributed by atoms with van der Waals surface area (Å²) in [7, 11) is 3.42. The highest BCUT2D eigenvalue weighted by molar-refractivity contribution is 5.92. The molecule has 3 rings (SSSR count). The quantitative estimate of drug-likeness (QED) is 0.878. The van der Waals surface area contributed by atoms with Crippen LogP contribution < -0.4 is 15.8 Å². The number of aryl methyl sites for hydroxylation is 3. The van der Waals surface area contributed by atoms with Crippen molar-refractivity contribution in [1.82, 2.24) is 24.9 Å². The van der Waals surface area contributed by atoms with Crippen molar-refractivity contribution in [1.29, 1.82) is 0 Å². The van der Waals surface area contributed by atoms with Gasteiger partial charge in [0, 0.05) is 39.3 Å². The van der Waals surface area contributed by atoms with Crippen LogP contribution in [0.1, 0.15) is 35.4 Å². The Morgan fingerprint density at radius 1 is 1.24 bits per heavy atom. The van der Waals surface area contributed by atoms with Crippen LogP contribution in [0, 0.1) is 6.92 Å². The Labute approximate surface area is 146 Å². The lowest BCUT2D eigenvalue weighted by Crippen LogP contribution is -2.47. The van der Waals surface area contributed by atoms with E-state index in [2.05, 4.69) is 20.4 Å². The topological polar surface area (TPSA) is 85.0 Å². The number of carbonyl (C=O) groups excluding carboxylic acids is 1. The van der Waals surface area contributed by atoms with Gasteiger partial charge in [-0.15, -0.1) is 0 Å². The number of amides is 1. The second-order valence-corrected chi connectivity index (χ2v) is 6.50. The van der Waals surface area contributed by atoms with Crippen LogP contribution >= 0.6 is 0 Å². The molecular weight excluding hydrogens is 320 g/mol. The minimum absolute atomic E-state index is 0.123. The summed E-state index contributed by atoms with van der Waals surface area (Å²) in [6.45, 7) is 3.27. The van der Waals surface area contributed by atoms with Crippen molar-refractivity contribution in [2.45, 2.75) is 32.2 Å². The lowest BCUT2D eigenvalue weighted by Gasteiger charge is -2.36. The zero-order chi connectivity index (χ0) is 18.0. The summed E-state index contributed by atoms with van der Waals surface area (Å²) < 4.78 is 2.94. The maximum Gasteiger partial charge on any atom is 0.269 e. The highest BCUT2D eigenvalue weighted by Crippen LogP contribution is 2.22. The standard InChI is InChI=1S/C17H24N6O2/c1-12-10-14(21(2)19-12)17(25)18-11-13-6-4-5-9-23(13)15-7-8-16(24)22(3)20-15/h7-8,10,13H,4-6,9,11H2,1-3H3,(H,18,25). The molecule has 0 spiro atoms. The smallest absolute Gasteiger partial charge is 0.269 e. The van der Waals surface area contributed by atoms with Gasteiger partial charge in [-0.3, -0.25) is 14.3 Å². The number of hydrogen-bond acceptors (Lipinski definition) is 5. The molecule has 3 heterocycles. The van der Waals surface area contributed by atoms with E-state index in [1.165, 1.54) is 10.7 Å². The van der Waals surface area contributed by atoms with Gasteiger partial charge in [-0.2, -0.15) is 10.2 Å². The predicted octanol–water partition coefficient (Wildman–Crippen LogP) is 0.611. The van der Waals surface area contributed by atoms with Crippen LogP contribution in [-0.2, 0) is 14.1 Å². The van der Waals surface area contributed by atoms with Crippen LogP contribution in [0.4, 0.5) is 5.82 Å². The van der Waals surface area contributed by atoms with Gasteiger partial charge in [0.25, 0.3) is 11.5 Å². The van der Waals surface area contributed by atoms with E-state index in [0.717, 1.165) is 37.3 Å². The molecule has 8 nitrogen and oxygen atoms in total. The molecule has 0 aliphatic carbocycles. The van der Waals surface area contributed by atoms with E-state index in [9.17, 15) is 9.59 Å². The number of anilines is 1. The Morgan fingerprint density at radius 3 is 2.72 bits per heavy atom. The van der Waals surface area contributed by atoms with Gasteiger partial charge in [-0.05, 0) is 38.3 Å². The predicted molar refractivity (Wildman–Crippen MR) is 94.7 cm³/mol. The number of nitrogens with one attached hydrogen (secondary N) is 1. The molecular formula is C17H24N6O2. The van der Waals surface area contributed by atoms with Gasteiger partial charge in [-0.25, -0.2) is 4.68 Å². The monoisotopic (exact) mass is 344 g/mol. The first-order valence-corrected chi connectivity index (χ1v) is 8.55. The van der Waals surface area contributed by atoms with E-state index in [1.807, 2.05) is 6.92 Å². The fraction of sp³-hybridized carbons (Fsp3) is 0.529. The number of aromatic nitrogens is 4. The van der Waals surface area contributed by atoms with Gasteiger partial charge >= 0.3 is 0 Å². The van der Waals surface area contributed by atoms with Crippen LogP contribution in [0.15, 0.2) is 23.0 Å². The second kappa shape index (κ2) is 7.08. The Bertz CT molecular complexity index is 825. The van der Waals surface area contributed by atoms with Crippen LogP contribution in [0.3, 0.4) is 0 Å². The van der Waals surface area contributed by atoms with E-state index in [4.69, 9.17) is 0 Å². The van der Waals surface area contributed by atoms with E-state index >= 15 is 0 Å².